The van der Waals surface area contributed by atoms with Crippen LogP contribution < -0.4 is 4.57 Å². The third-order valence-corrected chi connectivity index (χ3v) is 2.48. The van der Waals surface area contributed by atoms with Crippen LogP contribution in [-0.4, -0.2) is 16.7 Å². The summed E-state index contributed by atoms with van der Waals surface area (Å²) < 4.78 is 2.07. The van der Waals surface area contributed by atoms with Gasteiger partial charge in [0.15, 0.2) is 18.9 Å². The summed E-state index contributed by atoms with van der Waals surface area (Å²) in [4.78, 5) is 4.00. The summed E-state index contributed by atoms with van der Waals surface area (Å²) in [5.41, 5.74) is 2.35. The first-order valence-electron chi connectivity index (χ1n) is 5.40. The molecule has 2 heterocycles. The molecule has 16 heavy (non-hydrogen) atoms. The van der Waals surface area contributed by atoms with Crippen molar-refractivity contribution in [2.45, 2.75) is 13.0 Å². The van der Waals surface area contributed by atoms with Crippen LogP contribution in [0, 0.1) is 0 Å². The van der Waals surface area contributed by atoms with Gasteiger partial charge in [-0.15, -0.1) is 0 Å². The van der Waals surface area contributed by atoms with Crippen molar-refractivity contribution in [2.24, 2.45) is 0 Å². The van der Waals surface area contributed by atoms with Gasteiger partial charge in [0.1, 0.15) is 0 Å². The molecule has 3 nitrogen and oxygen atoms in total. The molecule has 1 N–H and O–H groups in total. The summed E-state index contributed by atoms with van der Waals surface area (Å²) >= 11 is 0. The Morgan fingerprint density at radius 3 is 2.25 bits per heavy atom. The van der Waals surface area contributed by atoms with E-state index in [9.17, 15) is 0 Å². The van der Waals surface area contributed by atoms with E-state index in [2.05, 4.69) is 21.7 Å². The number of hydrogen-bond donors (Lipinski definition) is 1. The van der Waals surface area contributed by atoms with Crippen molar-refractivity contribution >= 4 is 0 Å². The van der Waals surface area contributed by atoms with Crippen molar-refractivity contribution in [3.05, 3.63) is 49.1 Å². The number of hydrogen-bond acceptors (Lipinski definition) is 2. The van der Waals surface area contributed by atoms with Gasteiger partial charge in [-0.1, -0.05) is 0 Å². The minimum Gasteiger partial charge on any atom is -0.396 e. The molecule has 0 unspecified atom stereocenters. The smallest absolute Gasteiger partial charge is 0.169 e. The Hall–Kier alpha value is -1.74. The summed E-state index contributed by atoms with van der Waals surface area (Å²) in [6.45, 7) is 1.09. The van der Waals surface area contributed by atoms with Crippen LogP contribution in [0.3, 0.4) is 0 Å². The molecule has 0 atom stereocenters. The van der Waals surface area contributed by atoms with E-state index in [0.29, 0.717) is 0 Å². The summed E-state index contributed by atoms with van der Waals surface area (Å²) in [6.07, 6.45) is 8.44. The molecular formula is C13H15N2O+. The highest BCUT2D eigenvalue weighted by Crippen LogP contribution is 2.15. The molecule has 0 aliphatic rings. The van der Waals surface area contributed by atoms with Gasteiger partial charge in [-0.25, -0.2) is 4.57 Å². The lowest BCUT2D eigenvalue weighted by Gasteiger charge is -2.00. The first-order chi connectivity index (χ1) is 7.90. The number of aromatic nitrogens is 2. The van der Waals surface area contributed by atoms with Crippen molar-refractivity contribution in [1.82, 2.24) is 4.98 Å². The van der Waals surface area contributed by atoms with Crippen LogP contribution in [0.25, 0.3) is 11.1 Å². The number of aliphatic hydroxyl groups excluding tert-OH is 1. The van der Waals surface area contributed by atoms with Gasteiger partial charge in [0, 0.05) is 37.6 Å². The van der Waals surface area contributed by atoms with Gasteiger partial charge in [0.05, 0.1) is 0 Å². The monoisotopic (exact) mass is 215 g/mol. The fourth-order valence-electron chi connectivity index (χ4n) is 1.60. The fourth-order valence-corrected chi connectivity index (χ4v) is 1.60. The van der Waals surface area contributed by atoms with Crippen LogP contribution in [0.15, 0.2) is 49.1 Å². The molecule has 0 bridgehead atoms. The summed E-state index contributed by atoms with van der Waals surface area (Å²) in [5.74, 6) is 0. The van der Waals surface area contributed by atoms with Crippen molar-refractivity contribution in [3.8, 4) is 11.1 Å². The van der Waals surface area contributed by atoms with Gasteiger partial charge in [-0.3, -0.25) is 4.98 Å². The molecule has 2 aromatic rings. The second kappa shape index (κ2) is 5.37. The maximum atomic E-state index is 8.74. The molecule has 0 aliphatic heterocycles. The Morgan fingerprint density at radius 1 is 1.00 bits per heavy atom. The fraction of sp³-hybridized carbons (Fsp3) is 0.231. The molecule has 3 heteroatoms. The van der Waals surface area contributed by atoms with Crippen molar-refractivity contribution in [2.75, 3.05) is 6.61 Å². The highest BCUT2D eigenvalue weighted by atomic mass is 16.3. The van der Waals surface area contributed by atoms with Crippen LogP contribution >= 0.6 is 0 Å². The zero-order valence-electron chi connectivity index (χ0n) is 9.08. The molecular weight excluding hydrogens is 200 g/mol. The van der Waals surface area contributed by atoms with E-state index in [1.807, 2.05) is 24.5 Å². The molecule has 0 radical (unpaired) electrons. The van der Waals surface area contributed by atoms with E-state index in [0.717, 1.165) is 13.0 Å². The van der Waals surface area contributed by atoms with Crippen LogP contribution in [0.5, 0.6) is 0 Å². The number of pyridine rings is 2. The number of aryl methyl sites for hydroxylation is 1. The predicted octanol–water partition coefficient (Wildman–Crippen LogP) is 1.42. The average molecular weight is 215 g/mol. The predicted molar refractivity (Wildman–Crippen MR) is 61.6 cm³/mol. The minimum atomic E-state index is 0.235. The molecule has 0 saturated carbocycles. The second-order valence-corrected chi connectivity index (χ2v) is 3.64. The highest BCUT2D eigenvalue weighted by molar-refractivity contribution is 5.61. The first-order valence-corrected chi connectivity index (χ1v) is 5.40. The third kappa shape index (κ3) is 2.64. The van der Waals surface area contributed by atoms with Crippen LogP contribution in [-0.2, 0) is 6.54 Å². The Morgan fingerprint density at radius 2 is 1.62 bits per heavy atom. The van der Waals surface area contributed by atoms with Crippen LogP contribution in [0.2, 0.25) is 0 Å². The first kappa shape index (κ1) is 10.8. The SMILES string of the molecule is OCCC[n+]1ccc(-c2ccncc2)cc1. The molecule has 2 aromatic heterocycles. The Kier molecular flexibility index (Phi) is 3.62. The Bertz CT molecular complexity index is 425. The summed E-state index contributed by atoms with van der Waals surface area (Å²) in [6, 6.07) is 8.14. The third-order valence-electron chi connectivity index (χ3n) is 2.48. The molecule has 0 spiro atoms. The Labute approximate surface area is 95.0 Å². The van der Waals surface area contributed by atoms with E-state index in [-0.39, 0.29) is 6.61 Å². The lowest BCUT2D eigenvalue weighted by atomic mass is 10.1. The van der Waals surface area contributed by atoms with Crippen molar-refractivity contribution in [1.29, 1.82) is 0 Å². The van der Waals surface area contributed by atoms with Gasteiger partial charge >= 0.3 is 0 Å². The molecule has 2 rings (SSSR count). The van der Waals surface area contributed by atoms with Gasteiger partial charge in [0.25, 0.3) is 0 Å². The maximum Gasteiger partial charge on any atom is 0.169 e. The van der Waals surface area contributed by atoms with Crippen molar-refractivity contribution < 1.29 is 9.67 Å². The quantitative estimate of drug-likeness (QED) is 0.783. The summed E-state index contributed by atoms with van der Waals surface area (Å²) in [7, 11) is 0. The molecule has 82 valence electrons. The maximum absolute atomic E-state index is 8.74. The average Bonchev–Trinajstić information content (AvgIpc) is 2.38. The van der Waals surface area contributed by atoms with E-state index in [1.165, 1.54) is 11.1 Å². The normalized spacial score (nSPS) is 10.3. The zero-order chi connectivity index (χ0) is 11.2. The van der Waals surface area contributed by atoms with Gasteiger partial charge in [0.2, 0.25) is 0 Å². The van der Waals surface area contributed by atoms with E-state index >= 15 is 0 Å². The molecule has 0 amide bonds. The molecule has 0 aromatic carbocycles. The highest BCUT2D eigenvalue weighted by Gasteiger charge is 2.01. The van der Waals surface area contributed by atoms with Crippen LogP contribution in [0.4, 0.5) is 0 Å². The lowest BCUT2D eigenvalue weighted by molar-refractivity contribution is -0.697. The van der Waals surface area contributed by atoms with E-state index in [1.54, 1.807) is 12.4 Å². The van der Waals surface area contributed by atoms with Gasteiger partial charge in [-0.2, -0.15) is 0 Å². The number of nitrogens with zero attached hydrogens (tertiary/aromatic N) is 2. The minimum absolute atomic E-state index is 0.235. The topological polar surface area (TPSA) is 37.0 Å². The Balaban J connectivity index is 2.13. The van der Waals surface area contributed by atoms with Gasteiger partial charge in [-0.05, 0) is 23.3 Å². The molecule has 0 aliphatic carbocycles. The largest absolute Gasteiger partial charge is 0.396 e. The van der Waals surface area contributed by atoms with Gasteiger partial charge < -0.3 is 5.11 Å². The summed E-state index contributed by atoms with van der Waals surface area (Å²) in [5, 5.41) is 8.74. The standard InChI is InChI=1S/C13H15N2O/c16-11-1-8-15-9-4-13(5-10-15)12-2-6-14-7-3-12/h2-7,9-10,16H,1,8,11H2/q+1. The second-order valence-electron chi connectivity index (χ2n) is 3.64. The van der Waals surface area contributed by atoms with E-state index < -0.39 is 0 Å². The van der Waals surface area contributed by atoms with E-state index in [4.69, 9.17) is 5.11 Å². The number of aliphatic hydroxyl groups is 1. The number of rotatable bonds is 4. The van der Waals surface area contributed by atoms with Crippen molar-refractivity contribution in [3.63, 3.8) is 0 Å². The molecule has 0 saturated heterocycles. The lowest BCUT2D eigenvalue weighted by Crippen LogP contribution is -2.32. The zero-order valence-corrected chi connectivity index (χ0v) is 9.08. The molecule has 0 fully saturated rings. The van der Waals surface area contributed by atoms with Crippen LogP contribution in [0.1, 0.15) is 6.42 Å².